The van der Waals surface area contributed by atoms with Crippen LogP contribution in [0.5, 0.6) is 0 Å². The summed E-state index contributed by atoms with van der Waals surface area (Å²) in [7, 11) is 0. The standard InChI is InChI=1S/C23H24O12/c1-14-6-8-18(16(3)12-14)20(24)30-34-32-22(26)28-10-5-11-29-23(27)33-35-31-21(25)19-9-7-15(2)13-17(19)4/h6-9,12-13H,5,10-11H2,1-4H3. The van der Waals surface area contributed by atoms with Crippen LogP contribution in [0.25, 0.3) is 0 Å². The van der Waals surface area contributed by atoms with Crippen molar-refractivity contribution in [2.75, 3.05) is 13.2 Å². The molecule has 12 nitrogen and oxygen atoms in total. The molecule has 0 spiro atoms. The van der Waals surface area contributed by atoms with Gasteiger partial charge in [-0.25, -0.2) is 29.0 Å². The smallest absolute Gasteiger partial charge is 0.432 e. The van der Waals surface area contributed by atoms with Crippen molar-refractivity contribution in [1.29, 1.82) is 0 Å². The third kappa shape index (κ3) is 9.31. The van der Waals surface area contributed by atoms with Crippen LogP contribution in [0.4, 0.5) is 9.59 Å². The van der Waals surface area contributed by atoms with Gasteiger partial charge in [0.1, 0.15) is 0 Å². The Balaban J connectivity index is 1.52. The highest BCUT2D eigenvalue weighted by Gasteiger charge is 2.16. The molecule has 0 unspecified atom stereocenters. The minimum absolute atomic E-state index is 0.0505. The molecule has 2 aromatic rings. The summed E-state index contributed by atoms with van der Waals surface area (Å²) < 4.78 is 9.24. The van der Waals surface area contributed by atoms with E-state index in [1.165, 1.54) is 0 Å². The van der Waals surface area contributed by atoms with Crippen LogP contribution in [0.2, 0.25) is 0 Å². The normalized spacial score (nSPS) is 10.2. The van der Waals surface area contributed by atoms with Crippen molar-refractivity contribution >= 4 is 24.2 Å². The molecule has 35 heavy (non-hydrogen) atoms. The van der Waals surface area contributed by atoms with E-state index in [1.807, 2.05) is 13.8 Å². The lowest BCUT2D eigenvalue weighted by atomic mass is 10.1. The molecule has 0 saturated carbocycles. The summed E-state index contributed by atoms with van der Waals surface area (Å²) in [6.45, 7) is 6.68. The third-order valence-electron chi connectivity index (χ3n) is 4.36. The van der Waals surface area contributed by atoms with E-state index in [-0.39, 0.29) is 30.8 Å². The van der Waals surface area contributed by atoms with Crippen LogP contribution in [0, 0.1) is 27.7 Å². The van der Waals surface area contributed by atoms with E-state index in [9.17, 15) is 19.2 Å². The zero-order valence-corrected chi connectivity index (χ0v) is 19.5. The fourth-order valence-corrected chi connectivity index (χ4v) is 2.74. The molecule has 0 fully saturated rings. The number of carbonyl (C=O) groups is 4. The second-order valence-corrected chi connectivity index (χ2v) is 7.23. The maximum atomic E-state index is 11.9. The van der Waals surface area contributed by atoms with Gasteiger partial charge in [-0.05, 0) is 51.0 Å². The highest BCUT2D eigenvalue weighted by Crippen LogP contribution is 2.13. The van der Waals surface area contributed by atoms with Crippen molar-refractivity contribution in [3.8, 4) is 0 Å². The molecule has 12 heteroatoms. The summed E-state index contributed by atoms with van der Waals surface area (Å²) in [5.41, 5.74) is 3.71. The average molecular weight is 492 g/mol. The molecule has 2 aromatic carbocycles. The molecule has 0 aliphatic heterocycles. The summed E-state index contributed by atoms with van der Waals surface area (Å²) in [6, 6.07) is 10.0. The van der Waals surface area contributed by atoms with Crippen LogP contribution in [-0.2, 0) is 39.1 Å². The highest BCUT2D eigenvalue weighted by atomic mass is 17.5. The maximum absolute atomic E-state index is 11.9. The Morgan fingerprint density at radius 3 is 1.37 bits per heavy atom. The summed E-state index contributed by atoms with van der Waals surface area (Å²) >= 11 is 0. The Morgan fingerprint density at radius 2 is 1.00 bits per heavy atom. The first kappa shape index (κ1) is 27.1. The van der Waals surface area contributed by atoms with E-state index in [0.29, 0.717) is 11.1 Å². The molecular formula is C23H24O12. The van der Waals surface area contributed by atoms with E-state index in [0.717, 1.165) is 11.1 Å². The first-order valence-corrected chi connectivity index (χ1v) is 10.3. The van der Waals surface area contributed by atoms with E-state index in [4.69, 9.17) is 0 Å². The van der Waals surface area contributed by atoms with Crippen molar-refractivity contribution < 1.29 is 58.3 Å². The van der Waals surface area contributed by atoms with E-state index < -0.39 is 24.2 Å². The molecule has 188 valence electrons. The Morgan fingerprint density at radius 1 is 0.600 bits per heavy atom. The van der Waals surface area contributed by atoms with Crippen molar-refractivity contribution in [3.05, 3.63) is 69.8 Å². The first-order chi connectivity index (χ1) is 16.7. The Bertz CT molecular complexity index is 979. The molecule has 0 radical (unpaired) electrons. The van der Waals surface area contributed by atoms with Crippen LogP contribution < -0.4 is 0 Å². The second-order valence-electron chi connectivity index (χ2n) is 7.23. The van der Waals surface area contributed by atoms with Crippen LogP contribution in [0.3, 0.4) is 0 Å². The number of ether oxygens (including phenoxy) is 2. The number of carbonyl (C=O) groups excluding carboxylic acids is 4. The SMILES string of the molecule is Cc1ccc(C(=O)OOOC(=O)OCCCOC(=O)OOOC(=O)c2ccc(C)cc2C)c(C)c1. The Hall–Kier alpha value is -4.16. The third-order valence-corrected chi connectivity index (χ3v) is 4.36. The molecule has 0 aliphatic carbocycles. The monoisotopic (exact) mass is 492 g/mol. The minimum Gasteiger partial charge on any atom is -0.432 e. The lowest BCUT2D eigenvalue weighted by Gasteiger charge is -2.07. The number of aryl methyl sites for hydroxylation is 4. The lowest BCUT2D eigenvalue weighted by molar-refractivity contribution is -0.452. The van der Waals surface area contributed by atoms with Gasteiger partial charge in [0.15, 0.2) is 0 Å². The molecule has 0 aromatic heterocycles. The molecule has 0 aliphatic rings. The highest BCUT2D eigenvalue weighted by molar-refractivity contribution is 5.91. The summed E-state index contributed by atoms with van der Waals surface area (Å²) in [5, 5.41) is 8.23. The largest absolute Gasteiger partial charge is 0.543 e. The van der Waals surface area contributed by atoms with Gasteiger partial charge in [0.25, 0.3) is 0 Å². The van der Waals surface area contributed by atoms with Crippen molar-refractivity contribution in [3.63, 3.8) is 0 Å². The quantitative estimate of drug-likeness (QED) is 0.202. The molecule has 0 amide bonds. The summed E-state index contributed by atoms with van der Waals surface area (Å²) in [5.74, 6) is -1.71. The van der Waals surface area contributed by atoms with E-state index in [1.54, 1.807) is 50.2 Å². The van der Waals surface area contributed by atoms with E-state index >= 15 is 0 Å². The summed E-state index contributed by atoms with van der Waals surface area (Å²) in [6.07, 6.45) is -2.53. The topological polar surface area (TPSA) is 142 Å². The minimum atomic E-state index is -1.29. The van der Waals surface area contributed by atoms with Gasteiger partial charge in [0.05, 0.1) is 34.4 Å². The lowest BCUT2D eigenvalue weighted by Crippen LogP contribution is -2.15. The van der Waals surface area contributed by atoms with Crippen LogP contribution in [0.1, 0.15) is 49.4 Å². The zero-order chi connectivity index (χ0) is 25.8. The number of benzene rings is 2. The first-order valence-electron chi connectivity index (χ1n) is 10.3. The van der Waals surface area contributed by atoms with Crippen molar-refractivity contribution in [1.82, 2.24) is 0 Å². The molecule has 2 rings (SSSR count). The zero-order valence-electron chi connectivity index (χ0n) is 19.5. The Labute approximate surface area is 200 Å². The van der Waals surface area contributed by atoms with Crippen LogP contribution >= 0.6 is 0 Å². The van der Waals surface area contributed by atoms with Gasteiger partial charge in [0.2, 0.25) is 0 Å². The maximum Gasteiger partial charge on any atom is 0.543 e. The van der Waals surface area contributed by atoms with Crippen molar-refractivity contribution in [2.45, 2.75) is 34.1 Å². The van der Waals surface area contributed by atoms with Gasteiger partial charge in [-0.3, -0.25) is 9.78 Å². The van der Waals surface area contributed by atoms with Gasteiger partial charge in [-0.2, -0.15) is 0 Å². The molecule has 0 N–H and O–H groups in total. The number of rotatable bonds is 10. The average Bonchev–Trinajstić information content (AvgIpc) is 2.78. The molecule has 0 atom stereocenters. The van der Waals surface area contributed by atoms with Crippen LogP contribution in [-0.4, -0.2) is 37.5 Å². The Kier molecular flexibility index (Phi) is 10.5. The molecule has 0 bridgehead atoms. The predicted octanol–water partition coefficient (Wildman–Crippen LogP) is 4.32. The fraction of sp³-hybridized carbons (Fsp3) is 0.304. The number of hydrogen-bond donors (Lipinski definition) is 0. The summed E-state index contributed by atoms with van der Waals surface area (Å²) in [4.78, 5) is 63.5. The van der Waals surface area contributed by atoms with Gasteiger partial charge in [0, 0.05) is 6.42 Å². The fourth-order valence-electron chi connectivity index (χ4n) is 2.74. The van der Waals surface area contributed by atoms with Gasteiger partial charge in [-0.15, -0.1) is 0 Å². The van der Waals surface area contributed by atoms with Gasteiger partial charge < -0.3 is 9.47 Å². The predicted molar refractivity (Wildman–Crippen MR) is 114 cm³/mol. The van der Waals surface area contributed by atoms with Crippen molar-refractivity contribution in [2.24, 2.45) is 0 Å². The van der Waals surface area contributed by atoms with Crippen LogP contribution in [0.15, 0.2) is 36.4 Å². The van der Waals surface area contributed by atoms with Gasteiger partial charge in [-0.1, -0.05) is 35.4 Å². The molecule has 0 heterocycles. The second kappa shape index (κ2) is 13.5. The molecule has 0 saturated heterocycles. The van der Waals surface area contributed by atoms with Gasteiger partial charge >= 0.3 is 24.2 Å². The van der Waals surface area contributed by atoms with E-state index in [2.05, 4.69) is 39.1 Å². The number of hydrogen-bond acceptors (Lipinski definition) is 12. The molecular weight excluding hydrogens is 468 g/mol.